The predicted molar refractivity (Wildman–Crippen MR) is 117 cm³/mol. The number of nitrogens with zero attached hydrogens (tertiary/aromatic N) is 3. The lowest BCUT2D eigenvalue weighted by Gasteiger charge is -2.23. The van der Waals surface area contributed by atoms with Gasteiger partial charge in [-0.05, 0) is 44.0 Å². The molecular formula is C20H19ClN4O3S2. The number of nitrogens with one attached hydrogen (secondary N) is 1. The summed E-state index contributed by atoms with van der Waals surface area (Å²) in [6.07, 6.45) is 1.08. The third-order valence-corrected chi connectivity index (χ3v) is 7.94. The van der Waals surface area contributed by atoms with Crippen LogP contribution in [-0.2, 0) is 14.8 Å². The standard InChI is InChI=1S/C20H19ClN4O3S2/c1-13-4-10-16(11-5-13)30(27,28)25-12-2-3-17(25)18(26)22-20-24-23-19(29-20)14-6-8-15(21)9-7-14/h4-11,17H,2-3,12H2,1H3,(H,22,24,26). The zero-order chi connectivity index (χ0) is 21.3. The average Bonchev–Trinajstić information content (AvgIpc) is 3.39. The molecule has 7 nitrogen and oxygen atoms in total. The fraction of sp³-hybridized carbons (Fsp3) is 0.250. The van der Waals surface area contributed by atoms with Crippen molar-refractivity contribution in [3.05, 3.63) is 59.1 Å². The Morgan fingerprint density at radius 2 is 1.83 bits per heavy atom. The van der Waals surface area contributed by atoms with Crippen LogP contribution in [0.4, 0.5) is 5.13 Å². The number of hydrogen-bond donors (Lipinski definition) is 1. The number of aryl methyl sites for hydroxylation is 1. The van der Waals surface area contributed by atoms with E-state index in [-0.39, 0.29) is 4.90 Å². The number of amides is 1. The van der Waals surface area contributed by atoms with Crippen LogP contribution < -0.4 is 5.32 Å². The number of carbonyl (C=O) groups excluding carboxylic acids is 1. The second-order valence-corrected chi connectivity index (χ2v) is 10.3. The number of sulfonamides is 1. The molecule has 2 heterocycles. The van der Waals surface area contributed by atoms with Crippen LogP contribution in [0.1, 0.15) is 18.4 Å². The SMILES string of the molecule is Cc1ccc(S(=O)(=O)N2CCCC2C(=O)Nc2nnc(-c3ccc(Cl)cc3)s2)cc1. The van der Waals surface area contributed by atoms with Crippen molar-refractivity contribution in [3.63, 3.8) is 0 Å². The minimum absolute atomic E-state index is 0.189. The normalized spacial score (nSPS) is 17.2. The summed E-state index contributed by atoms with van der Waals surface area (Å²) in [6.45, 7) is 2.20. The predicted octanol–water partition coefficient (Wildman–Crippen LogP) is 3.96. The molecule has 1 aliphatic rings. The van der Waals surface area contributed by atoms with Crippen LogP contribution >= 0.6 is 22.9 Å². The first-order chi connectivity index (χ1) is 14.3. The van der Waals surface area contributed by atoms with E-state index in [4.69, 9.17) is 11.6 Å². The van der Waals surface area contributed by atoms with Gasteiger partial charge in [0.2, 0.25) is 21.1 Å². The maximum absolute atomic E-state index is 13.0. The summed E-state index contributed by atoms with van der Waals surface area (Å²) in [6, 6.07) is 13.0. The largest absolute Gasteiger partial charge is 0.299 e. The molecule has 0 aliphatic carbocycles. The molecule has 2 aromatic carbocycles. The molecule has 1 unspecified atom stereocenters. The molecule has 30 heavy (non-hydrogen) atoms. The molecule has 1 aromatic heterocycles. The summed E-state index contributed by atoms with van der Waals surface area (Å²) < 4.78 is 27.4. The summed E-state index contributed by atoms with van der Waals surface area (Å²) in [4.78, 5) is 13.0. The van der Waals surface area contributed by atoms with Crippen LogP contribution in [0.3, 0.4) is 0 Å². The third-order valence-electron chi connectivity index (χ3n) is 4.88. The second-order valence-electron chi connectivity index (χ2n) is 7.00. The number of benzene rings is 2. The van der Waals surface area contributed by atoms with Gasteiger partial charge < -0.3 is 0 Å². The highest BCUT2D eigenvalue weighted by molar-refractivity contribution is 7.89. The minimum atomic E-state index is -3.76. The molecule has 1 N–H and O–H groups in total. The lowest BCUT2D eigenvalue weighted by molar-refractivity contribution is -0.119. The van der Waals surface area contributed by atoms with Crippen molar-refractivity contribution in [1.29, 1.82) is 0 Å². The number of carbonyl (C=O) groups is 1. The molecule has 1 atom stereocenters. The van der Waals surface area contributed by atoms with Crippen LogP contribution in [0, 0.1) is 6.92 Å². The lowest BCUT2D eigenvalue weighted by atomic mass is 10.2. The first-order valence-electron chi connectivity index (χ1n) is 9.33. The van der Waals surface area contributed by atoms with E-state index < -0.39 is 22.0 Å². The maximum atomic E-state index is 13.0. The Bertz CT molecular complexity index is 1160. The molecular weight excluding hydrogens is 444 g/mol. The first kappa shape index (κ1) is 20.9. The van der Waals surface area contributed by atoms with Crippen LogP contribution in [-0.4, -0.2) is 41.4 Å². The van der Waals surface area contributed by atoms with E-state index in [0.717, 1.165) is 11.1 Å². The molecule has 1 aliphatic heterocycles. The van der Waals surface area contributed by atoms with E-state index in [2.05, 4.69) is 15.5 Å². The minimum Gasteiger partial charge on any atom is -0.299 e. The van der Waals surface area contributed by atoms with E-state index in [9.17, 15) is 13.2 Å². The van der Waals surface area contributed by atoms with Gasteiger partial charge in [-0.1, -0.05) is 52.8 Å². The summed E-state index contributed by atoms with van der Waals surface area (Å²) in [5, 5.41) is 12.4. The Kier molecular flexibility index (Phi) is 5.88. The van der Waals surface area contributed by atoms with Crippen LogP contribution in [0.15, 0.2) is 53.4 Å². The van der Waals surface area contributed by atoms with Gasteiger partial charge in [-0.15, -0.1) is 10.2 Å². The number of rotatable bonds is 5. The van der Waals surface area contributed by atoms with E-state index in [1.165, 1.54) is 15.6 Å². The monoisotopic (exact) mass is 462 g/mol. The van der Waals surface area contributed by atoms with Gasteiger partial charge in [-0.2, -0.15) is 4.31 Å². The third kappa shape index (κ3) is 4.24. The van der Waals surface area contributed by atoms with Gasteiger partial charge >= 0.3 is 0 Å². The zero-order valence-electron chi connectivity index (χ0n) is 16.1. The highest BCUT2D eigenvalue weighted by Gasteiger charge is 2.39. The van der Waals surface area contributed by atoms with Crippen molar-refractivity contribution in [2.45, 2.75) is 30.7 Å². The Morgan fingerprint density at radius 1 is 1.13 bits per heavy atom. The second kappa shape index (κ2) is 8.43. The molecule has 0 radical (unpaired) electrons. The van der Waals surface area contributed by atoms with E-state index in [0.29, 0.717) is 34.5 Å². The summed E-state index contributed by atoms with van der Waals surface area (Å²) >= 11 is 7.13. The fourth-order valence-electron chi connectivity index (χ4n) is 3.31. The molecule has 0 bridgehead atoms. The van der Waals surface area contributed by atoms with Crippen molar-refractivity contribution < 1.29 is 13.2 Å². The van der Waals surface area contributed by atoms with Gasteiger partial charge in [0.15, 0.2) is 0 Å². The molecule has 3 aromatic rings. The van der Waals surface area contributed by atoms with Crippen LogP contribution in [0.25, 0.3) is 10.6 Å². The van der Waals surface area contributed by atoms with E-state index in [1.807, 2.05) is 19.1 Å². The molecule has 1 fully saturated rings. The van der Waals surface area contributed by atoms with Crippen molar-refractivity contribution >= 4 is 44.0 Å². The molecule has 4 rings (SSSR count). The molecule has 10 heteroatoms. The van der Waals surface area contributed by atoms with Crippen molar-refractivity contribution in [1.82, 2.24) is 14.5 Å². The van der Waals surface area contributed by atoms with E-state index in [1.54, 1.807) is 36.4 Å². The van der Waals surface area contributed by atoms with E-state index >= 15 is 0 Å². The molecule has 1 amide bonds. The summed E-state index contributed by atoms with van der Waals surface area (Å²) in [5.41, 5.74) is 1.80. The number of aromatic nitrogens is 2. The number of halogens is 1. The Morgan fingerprint density at radius 3 is 2.53 bits per heavy atom. The number of hydrogen-bond acceptors (Lipinski definition) is 6. The van der Waals surface area contributed by atoms with Crippen LogP contribution in [0.2, 0.25) is 5.02 Å². The Hall–Kier alpha value is -2.33. The van der Waals surface area contributed by atoms with Gasteiger partial charge in [-0.25, -0.2) is 8.42 Å². The molecule has 156 valence electrons. The molecule has 0 saturated carbocycles. The Balaban J connectivity index is 1.50. The first-order valence-corrected chi connectivity index (χ1v) is 12.0. The molecule has 1 saturated heterocycles. The fourth-order valence-corrected chi connectivity index (χ4v) is 5.84. The zero-order valence-corrected chi connectivity index (χ0v) is 18.5. The van der Waals surface area contributed by atoms with Crippen molar-refractivity contribution in [2.75, 3.05) is 11.9 Å². The topological polar surface area (TPSA) is 92.3 Å². The smallest absolute Gasteiger partial charge is 0.244 e. The lowest BCUT2D eigenvalue weighted by Crippen LogP contribution is -2.43. The quantitative estimate of drug-likeness (QED) is 0.619. The molecule has 0 spiro atoms. The van der Waals surface area contributed by atoms with Gasteiger partial charge in [0.1, 0.15) is 11.0 Å². The van der Waals surface area contributed by atoms with Gasteiger partial charge in [0, 0.05) is 17.1 Å². The number of anilines is 1. The van der Waals surface area contributed by atoms with Crippen molar-refractivity contribution in [2.24, 2.45) is 0 Å². The maximum Gasteiger partial charge on any atom is 0.244 e. The van der Waals surface area contributed by atoms with Gasteiger partial charge in [0.05, 0.1) is 4.90 Å². The summed E-state index contributed by atoms with van der Waals surface area (Å²) in [7, 11) is -3.76. The average molecular weight is 463 g/mol. The van der Waals surface area contributed by atoms with Gasteiger partial charge in [0.25, 0.3) is 0 Å². The van der Waals surface area contributed by atoms with Crippen molar-refractivity contribution in [3.8, 4) is 10.6 Å². The summed E-state index contributed by atoms with van der Waals surface area (Å²) in [5.74, 6) is -0.401. The van der Waals surface area contributed by atoms with Crippen LogP contribution in [0.5, 0.6) is 0 Å². The highest BCUT2D eigenvalue weighted by atomic mass is 35.5. The highest BCUT2D eigenvalue weighted by Crippen LogP contribution is 2.30. The Labute approximate surface area is 183 Å². The van der Waals surface area contributed by atoms with Gasteiger partial charge in [-0.3, -0.25) is 10.1 Å².